The summed E-state index contributed by atoms with van der Waals surface area (Å²) in [7, 11) is 0. The van der Waals surface area contributed by atoms with Crippen molar-refractivity contribution in [2.45, 2.75) is 40.0 Å². The van der Waals surface area contributed by atoms with Crippen molar-refractivity contribution >= 4 is 11.8 Å². The van der Waals surface area contributed by atoms with Gasteiger partial charge in [0.15, 0.2) is 5.78 Å². The van der Waals surface area contributed by atoms with Crippen molar-refractivity contribution in [2.75, 3.05) is 19.8 Å². The molecule has 0 radical (unpaired) electrons. The molecule has 0 aromatic rings. The van der Waals surface area contributed by atoms with Crippen LogP contribution in [0, 0.1) is 11.3 Å². The van der Waals surface area contributed by atoms with Crippen LogP contribution in [-0.4, -0.2) is 31.6 Å². The molecule has 0 aromatic heterocycles. The summed E-state index contributed by atoms with van der Waals surface area (Å²) in [6.07, 6.45) is 3.59. The monoisotopic (exact) mass is 242 g/mol. The van der Waals surface area contributed by atoms with Gasteiger partial charge < -0.3 is 9.47 Å². The molecule has 0 unspecified atom stereocenters. The summed E-state index contributed by atoms with van der Waals surface area (Å²) in [5, 5.41) is 0. The number of carbonyl (C=O) groups is 2. The molecule has 1 aliphatic rings. The zero-order valence-electron chi connectivity index (χ0n) is 11.0. The topological polar surface area (TPSA) is 52.6 Å². The lowest BCUT2D eigenvalue weighted by Gasteiger charge is -2.20. The minimum Gasteiger partial charge on any atom is -0.465 e. The third kappa shape index (κ3) is 4.46. The number of ketones is 1. The van der Waals surface area contributed by atoms with E-state index in [1.165, 1.54) is 12.8 Å². The molecule has 4 heteroatoms. The lowest BCUT2D eigenvalue weighted by atomic mass is 9.88. The molecular formula is C13H22O4. The number of esters is 1. The van der Waals surface area contributed by atoms with E-state index in [2.05, 4.69) is 0 Å². The molecule has 98 valence electrons. The largest absolute Gasteiger partial charge is 0.465 e. The van der Waals surface area contributed by atoms with Crippen molar-refractivity contribution in [2.24, 2.45) is 11.3 Å². The molecule has 0 aliphatic heterocycles. The highest BCUT2D eigenvalue weighted by Crippen LogP contribution is 2.32. The zero-order valence-corrected chi connectivity index (χ0v) is 11.0. The average Bonchev–Trinajstić information content (AvgIpc) is 3.08. The molecule has 1 fully saturated rings. The summed E-state index contributed by atoms with van der Waals surface area (Å²) < 4.78 is 10.2. The highest BCUT2D eigenvalue weighted by molar-refractivity contribution is 6.03. The lowest BCUT2D eigenvalue weighted by Crippen LogP contribution is -2.37. The van der Waals surface area contributed by atoms with Crippen LogP contribution in [0.1, 0.15) is 40.0 Å². The van der Waals surface area contributed by atoms with Crippen molar-refractivity contribution in [1.82, 2.24) is 0 Å². The van der Waals surface area contributed by atoms with Crippen molar-refractivity contribution in [3.8, 4) is 0 Å². The van der Waals surface area contributed by atoms with Crippen LogP contribution in [0.5, 0.6) is 0 Å². The van der Waals surface area contributed by atoms with Gasteiger partial charge in [0.1, 0.15) is 12.0 Å². The molecule has 0 atom stereocenters. The van der Waals surface area contributed by atoms with Gasteiger partial charge in [-0.25, -0.2) is 0 Å². The van der Waals surface area contributed by atoms with E-state index < -0.39 is 11.4 Å². The Hall–Kier alpha value is -0.900. The Bertz CT molecular complexity index is 279. The summed E-state index contributed by atoms with van der Waals surface area (Å²) in [6.45, 7) is 5.78. The fourth-order valence-electron chi connectivity index (χ4n) is 1.43. The van der Waals surface area contributed by atoms with Crippen LogP contribution in [0.4, 0.5) is 0 Å². The predicted molar refractivity (Wildman–Crippen MR) is 63.6 cm³/mol. The molecule has 0 heterocycles. The van der Waals surface area contributed by atoms with Gasteiger partial charge in [0.25, 0.3) is 0 Å². The second kappa shape index (κ2) is 6.15. The maximum absolute atomic E-state index is 11.8. The van der Waals surface area contributed by atoms with Gasteiger partial charge in [-0.15, -0.1) is 0 Å². The Balaban J connectivity index is 2.25. The minimum atomic E-state index is -1.10. The molecule has 0 aromatic carbocycles. The highest BCUT2D eigenvalue weighted by Gasteiger charge is 2.37. The molecule has 0 spiro atoms. The molecule has 4 nitrogen and oxygen atoms in total. The summed E-state index contributed by atoms with van der Waals surface area (Å²) >= 11 is 0. The molecule has 17 heavy (non-hydrogen) atoms. The molecule has 1 aliphatic carbocycles. The van der Waals surface area contributed by atoms with E-state index in [9.17, 15) is 9.59 Å². The fourth-order valence-corrected chi connectivity index (χ4v) is 1.43. The number of hydrogen-bond acceptors (Lipinski definition) is 4. The number of rotatable bonds is 8. The Labute approximate surface area is 103 Å². The Morgan fingerprint density at radius 1 is 1.29 bits per heavy atom. The van der Waals surface area contributed by atoms with Gasteiger partial charge in [0.2, 0.25) is 0 Å². The van der Waals surface area contributed by atoms with Crippen LogP contribution >= 0.6 is 0 Å². The van der Waals surface area contributed by atoms with Gasteiger partial charge in [-0.05, 0) is 33.1 Å². The first-order chi connectivity index (χ1) is 7.98. The summed E-state index contributed by atoms with van der Waals surface area (Å²) in [5.74, 6) is 0.103. The molecular weight excluding hydrogens is 220 g/mol. The van der Waals surface area contributed by atoms with Crippen molar-refractivity contribution in [3.05, 3.63) is 0 Å². The Kier molecular flexibility index (Phi) is 5.12. The lowest BCUT2D eigenvalue weighted by molar-refractivity contribution is -0.159. The predicted octanol–water partition coefficient (Wildman–Crippen LogP) is 1.96. The van der Waals surface area contributed by atoms with Crippen LogP contribution in [0.2, 0.25) is 0 Å². The first-order valence-electron chi connectivity index (χ1n) is 6.26. The van der Waals surface area contributed by atoms with Crippen molar-refractivity contribution in [3.63, 3.8) is 0 Å². The molecule has 1 saturated carbocycles. The van der Waals surface area contributed by atoms with Gasteiger partial charge in [-0.3, -0.25) is 9.59 Å². The van der Waals surface area contributed by atoms with Gasteiger partial charge >= 0.3 is 5.97 Å². The number of hydrogen-bond donors (Lipinski definition) is 0. The van der Waals surface area contributed by atoms with Crippen LogP contribution in [0.15, 0.2) is 0 Å². The first kappa shape index (κ1) is 14.2. The van der Waals surface area contributed by atoms with Crippen LogP contribution in [0.3, 0.4) is 0 Å². The highest BCUT2D eigenvalue weighted by atomic mass is 16.5. The summed E-state index contributed by atoms with van der Waals surface area (Å²) in [4.78, 5) is 23.4. The second-order valence-corrected chi connectivity index (χ2v) is 5.05. The van der Waals surface area contributed by atoms with Crippen LogP contribution in [-0.2, 0) is 19.1 Å². The minimum absolute atomic E-state index is 0.00145. The average molecular weight is 242 g/mol. The quantitative estimate of drug-likeness (QED) is 0.371. The third-order valence-corrected chi connectivity index (χ3v) is 3.08. The zero-order chi connectivity index (χ0) is 12.9. The van der Waals surface area contributed by atoms with E-state index in [4.69, 9.17) is 9.47 Å². The maximum Gasteiger partial charge on any atom is 0.319 e. The number of Topliss-reactive ketones (excluding diaryl/α,β-unsaturated/α-hetero) is 1. The smallest absolute Gasteiger partial charge is 0.319 e. The molecule has 0 bridgehead atoms. The van der Waals surface area contributed by atoms with Crippen LogP contribution in [0.25, 0.3) is 0 Å². The fraction of sp³-hybridized carbons (Fsp3) is 0.846. The van der Waals surface area contributed by atoms with E-state index in [0.717, 1.165) is 12.3 Å². The van der Waals surface area contributed by atoms with Gasteiger partial charge in [0, 0.05) is 6.61 Å². The van der Waals surface area contributed by atoms with Crippen molar-refractivity contribution in [1.29, 1.82) is 0 Å². The van der Waals surface area contributed by atoms with E-state index in [1.54, 1.807) is 20.8 Å². The van der Waals surface area contributed by atoms with Gasteiger partial charge in [-0.1, -0.05) is 12.8 Å². The summed E-state index contributed by atoms with van der Waals surface area (Å²) in [5.41, 5.74) is -1.10. The second-order valence-electron chi connectivity index (χ2n) is 5.05. The Morgan fingerprint density at radius 2 is 1.94 bits per heavy atom. The van der Waals surface area contributed by atoms with Crippen LogP contribution < -0.4 is 0 Å². The summed E-state index contributed by atoms with van der Waals surface area (Å²) in [6, 6.07) is 0. The van der Waals surface area contributed by atoms with Crippen molar-refractivity contribution < 1.29 is 19.1 Å². The third-order valence-electron chi connectivity index (χ3n) is 3.08. The molecule has 1 rings (SSSR count). The standard InChI is InChI=1S/C13H22O4/c1-4-17-12(15)13(2,3)11(14)9-16-8-7-10-5-6-10/h10H,4-9H2,1-3H3. The number of carbonyl (C=O) groups excluding carboxylic acids is 2. The molecule has 0 N–H and O–H groups in total. The van der Waals surface area contributed by atoms with Gasteiger partial charge in [-0.2, -0.15) is 0 Å². The maximum atomic E-state index is 11.8. The van der Waals surface area contributed by atoms with E-state index in [-0.39, 0.29) is 19.0 Å². The first-order valence-corrected chi connectivity index (χ1v) is 6.26. The number of ether oxygens (including phenoxy) is 2. The molecule has 0 amide bonds. The van der Waals surface area contributed by atoms with E-state index in [0.29, 0.717) is 6.61 Å². The van der Waals surface area contributed by atoms with Gasteiger partial charge in [0.05, 0.1) is 6.61 Å². The van der Waals surface area contributed by atoms with E-state index in [1.807, 2.05) is 0 Å². The molecule has 0 saturated heterocycles. The normalized spacial score (nSPS) is 15.7. The van der Waals surface area contributed by atoms with E-state index >= 15 is 0 Å². The SMILES string of the molecule is CCOC(=O)C(C)(C)C(=O)COCCC1CC1. The Morgan fingerprint density at radius 3 is 2.47 bits per heavy atom.